The SMILES string of the molecule is Cc1ccccc1S(=O)(=O)N1C[C@@H](O)[C@H](N2CCN(C)CC2)C1. The number of β-amino-alcohol motifs (C(OH)–C–C–N with tert-alkyl or cyclic N) is 1. The van der Waals surface area contributed by atoms with Gasteiger partial charge in [-0.25, -0.2) is 8.42 Å². The van der Waals surface area contributed by atoms with Gasteiger partial charge in [0.1, 0.15) is 0 Å². The van der Waals surface area contributed by atoms with Crippen molar-refractivity contribution in [1.29, 1.82) is 0 Å². The standard InChI is InChI=1S/C16H25N3O3S/c1-13-5-3-4-6-16(13)23(21,22)19-11-14(15(20)12-19)18-9-7-17(2)8-10-18/h3-6,14-15,20H,7-12H2,1-2H3/t14-,15-/m1/s1. The van der Waals surface area contributed by atoms with E-state index >= 15 is 0 Å². The van der Waals surface area contributed by atoms with Gasteiger partial charge in [-0.15, -0.1) is 0 Å². The summed E-state index contributed by atoms with van der Waals surface area (Å²) in [5.41, 5.74) is 0.741. The fraction of sp³-hybridized carbons (Fsp3) is 0.625. The molecule has 7 heteroatoms. The quantitative estimate of drug-likeness (QED) is 0.838. The Kier molecular flexibility index (Phi) is 4.75. The number of rotatable bonds is 3. The summed E-state index contributed by atoms with van der Waals surface area (Å²) >= 11 is 0. The Bertz CT molecular complexity index is 656. The van der Waals surface area contributed by atoms with Crippen LogP contribution in [0.4, 0.5) is 0 Å². The molecule has 2 heterocycles. The highest BCUT2D eigenvalue weighted by molar-refractivity contribution is 7.89. The molecular formula is C16H25N3O3S. The van der Waals surface area contributed by atoms with Crippen LogP contribution in [0, 0.1) is 6.92 Å². The van der Waals surface area contributed by atoms with Crippen molar-refractivity contribution < 1.29 is 13.5 Å². The zero-order valence-electron chi connectivity index (χ0n) is 13.7. The molecule has 6 nitrogen and oxygen atoms in total. The van der Waals surface area contributed by atoms with Crippen molar-refractivity contribution in [2.75, 3.05) is 46.3 Å². The van der Waals surface area contributed by atoms with Gasteiger partial charge >= 0.3 is 0 Å². The van der Waals surface area contributed by atoms with Gasteiger partial charge in [0.05, 0.1) is 17.0 Å². The molecule has 0 saturated carbocycles. The van der Waals surface area contributed by atoms with Crippen molar-refractivity contribution in [2.45, 2.75) is 24.0 Å². The molecule has 2 saturated heterocycles. The van der Waals surface area contributed by atoms with Gasteiger partial charge in [0.15, 0.2) is 0 Å². The average Bonchev–Trinajstić information content (AvgIpc) is 2.91. The number of nitrogens with zero attached hydrogens (tertiary/aromatic N) is 3. The van der Waals surface area contributed by atoms with Crippen molar-refractivity contribution >= 4 is 10.0 Å². The second-order valence-corrected chi connectivity index (χ2v) is 8.47. The third kappa shape index (κ3) is 3.29. The maximum absolute atomic E-state index is 12.9. The van der Waals surface area contributed by atoms with Crippen LogP contribution in [-0.2, 0) is 10.0 Å². The summed E-state index contributed by atoms with van der Waals surface area (Å²) < 4.78 is 27.2. The highest BCUT2D eigenvalue weighted by Crippen LogP contribution is 2.26. The molecule has 128 valence electrons. The molecule has 0 spiro atoms. The Morgan fingerprint density at radius 1 is 1.09 bits per heavy atom. The van der Waals surface area contributed by atoms with Gasteiger partial charge < -0.3 is 10.0 Å². The van der Waals surface area contributed by atoms with Crippen molar-refractivity contribution in [3.8, 4) is 0 Å². The Hall–Kier alpha value is -0.990. The van der Waals surface area contributed by atoms with E-state index < -0.39 is 16.1 Å². The molecule has 0 unspecified atom stereocenters. The highest BCUT2D eigenvalue weighted by atomic mass is 32.2. The number of sulfonamides is 1. The Labute approximate surface area is 138 Å². The number of aliphatic hydroxyl groups excluding tert-OH is 1. The van der Waals surface area contributed by atoms with E-state index in [0.717, 1.165) is 31.7 Å². The lowest BCUT2D eigenvalue weighted by Gasteiger charge is -2.37. The zero-order chi connectivity index (χ0) is 16.6. The molecule has 1 aromatic carbocycles. The lowest BCUT2D eigenvalue weighted by Crippen LogP contribution is -2.52. The molecule has 0 radical (unpaired) electrons. The van der Waals surface area contributed by atoms with Crippen molar-refractivity contribution in [3.05, 3.63) is 29.8 Å². The molecular weight excluding hydrogens is 314 g/mol. The van der Waals surface area contributed by atoms with Crippen LogP contribution in [0.3, 0.4) is 0 Å². The summed E-state index contributed by atoms with van der Waals surface area (Å²) in [4.78, 5) is 4.81. The van der Waals surface area contributed by atoms with Crippen molar-refractivity contribution in [3.63, 3.8) is 0 Å². The van der Waals surface area contributed by atoms with Crippen LogP contribution in [0.1, 0.15) is 5.56 Å². The third-order valence-electron chi connectivity index (χ3n) is 4.94. The number of likely N-dealkylation sites (N-methyl/N-ethyl adjacent to an activating group) is 1. The molecule has 1 aromatic rings. The predicted octanol–water partition coefficient (Wildman–Crippen LogP) is -0.0238. The summed E-state index contributed by atoms with van der Waals surface area (Å²) in [5.74, 6) is 0. The van der Waals surface area contributed by atoms with Gasteiger partial charge in [-0.05, 0) is 25.6 Å². The van der Waals surface area contributed by atoms with E-state index in [1.54, 1.807) is 25.1 Å². The van der Waals surface area contributed by atoms with Crippen LogP contribution in [-0.4, -0.2) is 86.1 Å². The molecule has 23 heavy (non-hydrogen) atoms. The minimum Gasteiger partial charge on any atom is -0.390 e. The first-order valence-electron chi connectivity index (χ1n) is 8.06. The minimum atomic E-state index is -3.55. The smallest absolute Gasteiger partial charge is 0.243 e. The van der Waals surface area contributed by atoms with Crippen molar-refractivity contribution in [1.82, 2.24) is 14.1 Å². The highest BCUT2D eigenvalue weighted by Gasteiger charge is 2.41. The first-order valence-corrected chi connectivity index (χ1v) is 9.50. The lowest BCUT2D eigenvalue weighted by atomic mass is 10.1. The molecule has 0 aliphatic carbocycles. The van der Waals surface area contributed by atoms with Crippen molar-refractivity contribution in [2.24, 2.45) is 0 Å². The lowest BCUT2D eigenvalue weighted by molar-refractivity contribution is 0.0512. The summed E-state index contributed by atoms with van der Waals surface area (Å²) in [7, 11) is -1.47. The van der Waals surface area contributed by atoms with Crippen LogP contribution >= 0.6 is 0 Å². The number of aliphatic hydroxyl groups is 1. The number of aryl methyl sites for hydroxylation is 1. The molecule has 2 aliphatic rings. The summed E-state index contributed by atoms with van der Waals surface area (Å²) in [6.07, 6.45) is -0.628. The molecule has 0 amide bonds. The summed E-state index contributed by atoms with van der Waals surface area (Å²) in [6, 6.07) is 6.91. The summed E-state index contributed by atoms with van der Waals surface area (Å²) in [6.45, 7) is 5.99. The third-order valence-corrected chi connectivity index (χ3v) is 6.94. The monoisotopic (exact) mass is 339 g/mol. The second-order valence-electron chi connectivity index (χ2n) is 6.56. The Balaban J connectivity index is 1.77. The molecule has 1 N–H and O–H groups in total. The first kappa shape index (κ1) is 16.9. The van der Waals surface area contributed by atoms with E-state index in [4.69, 9.17) is 0 Å². The van der Waals surface area contributed by atoms with Gasteiger partial charge in [0.25, 0.3) is 0 Å². The Morgan fingerprint density at radius 2 is 1.74 bits per heavy atom. The largest absolute Gasteiger partial charge is 0.390 e. The fourth-order valence-electron chi connectivity index (χ4n) is 3.43. The van der Waals surface area contributed by atoms with Gasteiger partial charge in [-0.1, -0.05) is 18.2 Å². The number of hydrogen-bond donors (Lipinski definition) is 1. The first-order chi connectivity index (χ1) is 10.9. The van der Waals surface area contributed by atoms with Crippen LogP contribution in [0.5, 0.6) is 0 Å². The van der Waals surface area contributed by atoms with Gasteiger partial charge in [0, 0.05) is 39.3 Å². The van der Waals surface area contributed by atoms with E-state index in [-0.39, 0.29) is 12.6 Å². The zero-order valence-corrected chi connectivity index (χ0v) is 14.5. The van der Waals surface area contributed by atoms with Gasteiger partial charge in [0.2, 0.25) is 10.0 Å². The molecule has 2 fully saturated rings. The van der Waals surface area contributed by atoms with Gasteiger partial charge in [-0.2, -0.15) is 4.31 Å². The van der Waals surface area contributed by atoms with Gasteiger partial charge in [-0.3, -0.25) is 4.90 Å². The number of piperazine rings is 1. The van der Waals surface area contributed by atoms with E-state index in [1.165, 1.54) is 4.31 Å². The average molecular weight is 339 g/mol. The van der Waals surface area contributed by atoms with Crippen LogP contribution in [0.15, 0.2) is 29.2 Å². The summed E-state index contributed by atoms with van der Waals surface area (Å²) in [5, 5.41) is 10.4. The number of benzene rings is 1. The molecule has 0 bridgehead atoms. The maximum Gasteiger partial charge on any atom is 0.243 e. The van der Waals surface area contributed by atoms with Crippen LogP contribution < -0.4 is 0 Å². The van der Waals surface area contributed by atoms with E-state index in [2.05, 4.69) is 16.8 Å². The predicted molar refractivity (Wildman–Crippen MR) is 88.8 cm³/mol. The van der Waals surface area contributed by atoms with Crippen LogP contribution in [0.2, 0.25) is 0 Å². The minimum absolute atomic E-state index is 0.109. The number of hydrogen-bond acceptors (Lipinski definition) is 5. The molecule has 0 aromatic heterocycles. The second kappa shape index (κ2) is 6.49. The topological polar surface area (TPSA) is 64.1 Å². The molecule has 3 rings (SSSR count). The fourth-order valence-corrected chi connectivity index (χ4v) is 5.13. The van der Waals surface area contributed by atoms with E-state index in [0.29, 0.717) is 11.4 Å². The normalized spacial score (nSPS) is 28.3. The van der Waals surface area contributed by atoms with E-state index in [1.807, 2.05) is 6.07 Å². The molecule has 2 atom stereocenters. The van der Waals surface area contributed by atoms with E-state index in [9.17, 15) is 13.5 Å². The molecule has 2 aliphatic heterocycles. The maximum atomic E-state index is 12.9. The van der Waals surface area contributed by atoms with Crippen LogP contribution in [0.25, 0.3) is 0 Å². The Morgan fingerprint density at radius 3 is 2.39 bits per heavy atom.